The summed E-state index contributed by atoms with van der Waals surface area (Å²) in [7, 11) is 1.14. The second-order valence-corrected chi connectivity index (χ2v) is 7.19. The Morgan fingerprint density at radius 2 is 1.97 bits per heavy atom. The van der Waals surface area contributed by atoms with Crippen LogP contribution in [0.25, 0.3) is 0 Å². The highest BCUT2D eigenvalue weighted by molar-refractivity contribution is 5.77. The van der Waals surface area contributed by atoms with Crippen molar-refractivity contribution in [1.82, 2.24) is 5.32 Å². The standard InChI is InChI=1S/C19H25F2NO10/c1-8(24)22-14-10(25)6-19(18(28)29,32-16(14)15(27)11(26)7-23)31-12-4-3-9(17(20)21)5-13(12)30-2/h3-5,10-11,14-17,23,25-27H,6-7H2,1-2H3,(H,22,24)(H,28,29)/t10-,11-,14+,15-,16+,19+/m0/s1. The third kappa shape index (κ3) is 5.42. The molecule has 1 aliphatic rings. The molecule has 2 rings (SSSR count). The number of aliphatic hydroxyl groups excluding tert-OH is 4. The molecule has 1 aromatic carbocycles. The van der Waals surface area contributed by atoms with Crippen molar-refractivity contribution in [3.05, 3.63) is 23.8 Å². The lowest BCUT2D eigenvalue weighted by molar-refractivity contribution is -0.284. The largest absolute Gasteiger partial charge is 0.493 e. The van der Waals surface area contributed by atoms with E-state index in [-0.39, 0.29) is 11.5 Å². The Balaban J connectivity index is 2.48. The summed E-state index contributed by atoms with van der Waals surface area (Å²) >= 11 is 0. The van der Waals surface area contributed by atoms with E-state index >= 15 is 0 Å². The van der Waals surface area contributed by atoms with Crippen LogP contribution in [0.5, 0.6) is 11.5 Å². The molecule has 1 aliphatic heterocycles. The van der Waals surface area contributed by atoms with E-state index in [2.05, 4.69) is 5.32 Å². The maximum atomic E-state index is 13.0. The van der Waals surface area contributed by atoms with Crippen molar-refractivity contribution in [2.24, 2.45) is 0 Å². The maximum Gasteiger partial charge on any atom is 0.377 e. The fourth-order valence-electron chi connectivity index (χ4n) is 3.31. The summed E-state index contributed by atoms with van der Waals surface area (Å²) in [5.41, 5.74) is -0.423. The molecule has 1 fully saturated rings. The molecular weight excluding hydrogens is 440 g/mol. The Bertz CT molecular complexity index is 825. The van der Waals surface area contributed by atoms with Gasteiger partial charge in [-0.3, -0.25) is 4.79 Å². The molecule has 0 saturated carbocycles. The van der Waals surface area contributed by atoms with Gasteiger partial charge in [0.1, 0.15) is 18.3 Å². The van der Waals surface area contributed by atoms with Crippen LogP contribution in [0, 0.1) is 0 Å². The number of hydrogen-bond donors (Lipinski definition) is 6. The van der Waals surface area contributed by atoms with Gasteiger partial charge in [0.05, 0.1) is 32.3 Å². The third-order valence-electron chi connectivity index (χ3n) is 4.90. The topological polar surface area (TPSA) is 175 Å². The minimum atomic E-state index is -2.84. The van der Waals surface area contributed by atoms with E-state index in [0.717, 1.165) is 32.2 Å². The first-order valence-corrected chi connectivity index (χ1v) is 9.44. The number of carboxylic acid groups (broad SMARTS) is 1. The normalized spacial score (nSPS) is 27.5. The number of ether oxygens (including phenoxy) is 3. The van der Waals surface area contributed by atoms with E-state index in [4.69, 9.17) is 19.3 Å². The summed E-state index contributed by atoms with van der Waals surface area (Å²) in [6.45, 7) is 0.164. The highest BCUT2D eigenvalue weighted by Crippen LogP contribution is 2.39. The second kappa shape index (κ2) is 10.4. The molecule has 13 heteroatoms. The van der Waals surface area contributed by atoms with Gasteiger partial charge in [0.15, 0.2) is 11.5 Å². The molecule has 1 aromatic rings. The number of benzene rings is 1. The Kier molecular flexibility index (Phi) is 8.31. The number of aliphatic hydroxyl groups is 4. The van der Waals surface area contributed by atoms with Gasteiger partial charge in [0.25, 0.3) is 6.43 Å². The Labute approximate surface area is 181 Å². The summed E-state index contributed by atoms with van der Waals surface area (Å²) in [6, 6.07) is 1.55. The van der Waals surface area contributed by atoms with Gasteiger partial charge >= 0.3 is 11.8 Å². The molecule has 0 unspecified atom stereocenters. The quantitative estimate of drug-likeness (QED) is 0.270. The highest BCUT2D eigenvalue weighted by atomic mass is 19.3. The number of amides is 1. The van der Waals surface area contributed by atoms with E-state index in [0.29, 0.717) is 0 Å². The molecule has 0 radical (unpaired) electrons. The van der Waals surface area contributed by atoms with Crippen LogP contribution in [0.3, 0.4) is 0 Å². The molecule has 6 N–H and O–H groups in total. The number of aliphatic carboxylic acids is 1. The predicted octanol–water partition coefficient (Wildman–Crippen LogP) is -0.839. The van der Waals surface area contributed by atoms with Gasteiger partial charge in [0, 0.05) is 12.5 Å². The molecule has 0 aromatic heterocycles. The number of rotatable bonds is 9. The van der Waals surface area contributed by atoms with E-state index in [1.165, 1.54) is 0 Å². The molecule has 1 saturated heterocycles. The first-order valence-electron chi connectivity index (χ1n) is 9.44. The number of hydrogen-bond acceptors (Lipinski definition) is 9. The summed E-state index contributed by atoms with van der Waals surface area (Å²) in [5.74, 6) is -5.65. The molecule has 0 aliphatic carbocycles. The Morgan fingerprint density at radius 1 is 1.31 bits per heavy atom. The first kappa shape index (κ1) is 25.7. The molecule has 1 amide bonds. The fraction of sp³-hybridized carbons (Fsp3) is 0.579. The lowest BCUT2D eigenvalue weighted by Gasteiger charge is -2.46. The van der Waals surface area contributed by atoms with Gasteiger partial charge < -0.3 is 45.1 Å². The van der Waals surface area contributed by atoms with Gasteiger partial charge in [0.2, 0.25) is 5.91 Å². The van der Waals surface area contributed by atoms with E-state index in [1.807, 2.05) is 0 Å². The fourth-order valence-corrected chi connectivity index (χ4v) is 3.31. The zero-order valence-electron chi connectivity index (χ0n) is 17.1. The lowest BCUT2D eigenvalue weighted by atomic mass is 9.88. The molecule has 180 valence electrons. The number of halogens is 2. The smallest absolute Gasteiger partial charge is 0.377 e. The highest BCUT2D eigenvalue weighted by Gasteiger charge is 2.57. The van der Waals surface area contributed by atoms with Crippen molar-refractivity contribution in [2.45, 2.75) is 56.0 Å². The van der Waals surface area contributed by atoms with Gasteiger partial charge in [-0.1, -0.05) is 0 Å². The average molecular weight is 465 g/mol. The minimum Gasteiger partial charge on any atom is -0.493 e. The first-order chi connectivity index (χ1) is 15.0. The predicted molar refractivity (Wildman–Crippen MR) is 101 cm³/mol. The Hall–Kier alpha value is -2.58. The van der Waals surface area contributed by atoms with Gasteiger partial charge in [-0.25, -0.2) is 13.6 Å². The van der Waals surface area contributed by atoms with Crippen molar-refractivity contribution in [2.75, 3.05) is 13.7 Å². The SMILES string of the molecule is COc1cc(C(F)F)ccc1O[C@]1(C(=O)O)C[C@H](O)[C@@H](NC(C)=O)[C@H]([C@@H](O)[C@@H](O)CO)O1. The van der Waals surface area contributed by atoms with Crippen LogP contribution in [-0.2, 0) is 14.3 Å². The van der Waals surface area contributed by atoms with Crippen molar-refractivity contribution < 1.29 is 58.1 Å². The maximum absolute atomic E-state index is 13.0. The zero-order valence-corrected chi connectivity index (χ0v) is 17.1. The molecular formula is C19H25F2NO10. The van der Waals surface area contributed by atoms with Gasteiger partial charge in [-0.2, -0.15) is 0 Å². The lowest BCUT2D eigenvalue weighted by Crippen LogP contribution is -2.68. The molecule has 32 heavy (non-hydrogen) atoms. The van der Waals surface area contributed by atoms with Crippen LogP contribution in [0.4, 0.5) is 8.78 Å². The van der Waals surface area contributed by atoms with Crippen LogP contribution >= 0.6 is 0 Å². The van der Waals surface area contributed by atoms with Crippen molar-refractivity contribution in [3.63, 3.8) is 0 Å². The summed E-state index contributed by atoms with van der Waals surface area (Å²) in [5, 5.41) is 52.0. The van der Waals surface area contributed by atoms with Crippen LogP contribution < -0.4 is 14.8 Å². The number of methoxy groups -OCH3 is 1. The number of alkyl halides is 2. The Morgan fingerprint density at radius 3 is 2.47 bits per heavy atom. The molecule has 6 atom stereocenters. The average Bonchev–Trinajstić information content (AvgIpc) is 2.74. The van der Waals surface area contributed by atoms with E-state index in [1.54, 1.807) is 0 Å². The summed E-state index contributed by atoms with van der Waals surface area (Å²) in [4.78, 5) is 23.7. The second-order valence-electron chi connectivity index (χ2n) is 7.19. The van der Waals surface area contributed by atoms with Crippen LogP contribution in [0.2, 0.25) is 0 Å². The van der Waals surface area contributed by atoms with Crippen LogP contribution in [0.15, 0.2) is 18.2 Å². The summed E-state index contributed by atoms with van der Waals surface area (Å²) in [6.07, 6.45) is -10.7. The number of carbonyl (C=O) groups is 2. The molecule has 0 bridgehead atoms. The monoisotopic (exact) mass is 465 g/mol. The van der Waals surface area contributed by atoms with Gasteiger partial charge in [-0.05, 0) is 18.2 Å². The number of nitrogens with one attached hydrogen (secondary N) is 1. The van der Waals surface area contributed by atoms with Crippen LogP contribution in [0.1, 0.15) is 25.3 Å². The summed E-state index contributed by atoms with van der Waals surface area (Å²) < 4.78 is 41.8. The van der Waals surface area contributed by atoms with E-state index < -0.39 is 73.1 Å². The van der Waals surface area contributed by atoms with Crippen molar-refractivity contribution >= 4 is 11.9 Å². The third-order valence-corrected chi connectivity index (χ3v) is 4.90. The van der Waals surface area contributed by atoms with Crippen molar-refractivity contribution in [1.29, 1.82) is 0 Å². The van der Waals surface area contributed by atoms with E-state index in [9.17, 15) is 38.8 Å². The number of carboxylic acids is 1. The molecule has 11 nitrogen and oxygen atoms in total. The van der Waals surface area contributed by atoms with Crippen molar-refractivity contribution in [3.8, 4) is 11.5 Å². The molecule has 0 spiro atoms. The zero-order chi connectivity index (χ0) is 24.2. The minimum absolute atomic E-state index is 0.252. The number of carbonyl (C=O) groups excluding carboxylic acids is 1. The van der Waals surface area contributed by atoms with Gasteiger partial charge in [-0.15, -0.1) is 0 Å². The van der Waals surface area contributed by atoms with Crippen LogP contribution in [-0.4, -0.2) is 87.4 Å². The molecule has 1 heterocycles.